The van der Waals surface area contributed by atoms with Crippen LogP contribution in [0.1, 0.15) is 16.8 Å². The molecule has 0 amide bonds. The maximum atomic E-state index is 10.9. The minimum atomic E-state index is -0.879. The zero-order valence-corrected chi connectivity index (χ0v) is 13.0. The minimum absolute atomic E-state index is 0.0451. The lowest BCUT2D eigenvalue weighted by atomic mass is 9.99. The van der Waals surface area contributed by atoms with Gasteiger partial charge in [-0.3, -0.25) is 9.78 Å². The third kappa shape index (κ3) is 3.60. The van der Waals surface area contributed by atoms with Crippen LogP contribution in [0.5, 0.6) is 5.75 Å². The zero-order chi connectivity index (χ0) is 16.9. The van der Waals surface area contributed by atoms with Crippen LogP contribution in [0.3, 0.4) is 0 Å². The van der Waals surface area contributed by atoms with Crippen molar-refractivity contribution in [1.29, 1.82) is 0 Å². The number of pyridine rings is 1. The molecular weight excluding hydrogens is 302 g/mol. The molecule has 24 heavy (non-hydrogen) atoms. The van der Waals surface area contributed by atoms with Crippen molar-refractivity contribution in [2.45, 2.75) is 12.8 Å². The Hall–Kier alpha value is -3.14. The highest BCUT2D eigenvalue weighted by atomic mass is 16.4. The van der Waals surface area contributed by atoms with E-state index in [0.717, 1.165) is 11.1 Å². The van der Waals surface area contributed by atoms with E-state index in [1.54, 1.807) is 30.5 Å². The normalized spacial score (nSPS) is 10.5. The van der Waals surface area contributed by atoms with Gasteiger partial charge in [-0.15, -0.1) is 0 Å². The van der Waals surface area contributed by atoms with Crippen LogP contribution in [0.2, 0.25) is 0 Å². The van der Waals surface area contributed by atoms with Crippen LogP contribution in [0.25, 0.3) is 11.1 Å². The lowest BCUT2D eigenvalue weighted by molar-refractivity contribution is -0.136. The molecule has 1 heterocycles. The highest BCUT2D eigenvalue weighted by Gasteiger charge is 2.12. The zero-order valence-electron chi connectivity index (χ0n) is 13.0. The summed E-state index contributed by atoms with van der Waals surface area (Å²) in [6.07, 6.45) is 2.16. The standard InChI is InChI=1S/C20H17NO3/c22-19(23)13-15-7-4-8-16(11-15)17-9-10-21-18(20(17)24)12-14-5-2-1-3-6-14/h1-11,24H,12-13H2,(H,22,23). The molecule has 3 rings (SSSR count). The monoisotopic (exact) mass is 319 g/mol. The van der Waals surface area contributed by atoms with Crippen molar-refractivity contribution < 1.29 is 15.0 Å². The number of aromatic nitrogens is 1. The number of rotatable bonds is 5. The maximum absolute atomic E-state index is 10.9. The lowest BCUT2D eigenvalue weighted by Gasteiger charge is -2.10. The van der Waals surface area contributed by atoms with Crippen molar-refractivity contribution in [3.8, 4) is 16.9 Å². The Morgan fingerprint density at radius 1 is 0.958 bits per heavy atom. The number of benzene rings is 2. The largest absolute Gasteiger partial charge is 0.505 e. The van der Waals surface area contributed by atoms with Gasteiger partial charge in [-0.2, -0.15) is 0 Å². The lowest BCUT2D eigenvalue weighted by Crippen LogP contribution is -2.00. The first-order valence-corrected chi connectivity index (χ1v) is 7.65. The summed E-state index contributed by atoms with van der Waals surface area (Å²) in [6.45, 7) is 0. The Morgan fingerprint density at radius 3 is 2.46 bits per heavy atom. The molecule has 2 aromatic carbocycles. The van der Waals surface area contributed by atoms with Crippen LogP contribution in [-0.4, -0.2) is 21.2 Å². The number of carboxylic acid groups (broad SMARTS) is 1. The van der Waals surface area contributed by atoms with Gasteiger partial charge in [-0.25, -0.2) is 0 Å². The summed E-state index contributed by atoms with van der Waals surface area (Å²) in [4.78, 5) is 15.2. The average molecular weight is 319 g/mol. The highest BCUT2D eigenvalue weighted by molar-refractivity contribution is 5.74. The molecule has 1 aromatic heterocycles. The minimum Gasteiger partial charge on any atom is -0.505 e. The molecule has 0 saturated carbocycles. The SMILES string of the molecule is O=C(O)Cc1cccc(-c2ccnc(Cc3ccccc3)c2O)c1. The first kappa shape index (κ1) is 15.7. The van der Waals surface area contributed by atoms with Gasteiger partial charge >= 0.3 is 5.97 Å². The molecule has 0 aliphatic heterocycles. The van der Waals surface area contributed by atoms with E-state index in [4.69, 9.17) is 5.11 Å². The number of hydrogen-bond donors (Lipinski definition) is 2. The molecule has 0 atom stereocenters. The third-order valence-electron chi connectivity index (χ3n) is 3.81. The molecule has 3 aromatic rings. The van der Waals surface area contributed by atoms with E-state index in [1.807, 2.05) is 36.4 Å². The second kappa shape index (κ2) is 6.96. The molecule has 0 spiro atoms. The van der Waals surface area contributed by atoms with Gasteiger partial charge < -0.3 is 10.2 Å². The Kier molecular flexibility index (Phi) is 4.57. The summed E-state index contributed by atoms with van der Waals surface area (Å²) in [5.41, 5.74) is 3.80. The van der Waals surface area contributed by atoms with Crippen molar-refractivity contribution in [2.24, 2.45) is 0 Å². The number of aromatic hydroxyl groups is 1. The Labute approximate surface area is 140 Å². The summed E-state index contributed by atoms with van der Waals surface area (Å²) in [6, 6.07) is 18.8. The molecule has 2 N–H and O–H groups in total. The quantitative estimate of drug-likeness (QED) is 0.753. The fourth-order valence-electron chi connectivity index (χ4n) is 2.67. The van der Waals surface area contributed by atoms with Gasteiger partial charge in [0.15, 0.2) is 0 Å². The molecule has 0 unspecified atom stereocenters. The molecule has 0 saturated heterocycles. The van der Waals surface area contributed by atoms with Gasteiger partial charge in [0, 0.05) is 18.2 Å². The van der Waals surface area contributed by atoms with Crippen LogP contribution in [0.4, 0.5) is 0 Å². The summed E-state index contributed by atoms with van der Waals surface area (Å²) in [5.74, 6) is -0.746. The second-order valence-electron chi connectivity index (χ2n) is 5.59. The fourth-order valence-corrected chi connectivity index (χ4v) is 2.67. The molecule has 0 aliphatic rings. The number of carbonyl (C=O) groups is 1. The van der Waals surface area contributed by atoms with E-state index in [2.05, 4.69) is 4.98 Å². The Balaban J connectivity index is 1.95. The van der Waals surface area contributed by atoms with E-state index in [9.17, 15) is 9.90 Å². The smallest absolute Gasteiger partial charge is 0.307 e. The van der Waals surface area contributed by atoms with E-state index in [1.165, 1.54) is 0 Å². The molecule has 0 radical (unpaired) electrons. The number of hydrogen-bond acceptors (Lipinski definition) is 3. The molecular formula is C20H17NO3. The van der Waals surface area contributed by atoms with Crippen LogP contribution < -0.4 is 0 Å². The summed E-state index contributed by atoms with van der Waals surface area (Å²) < 4.78 is 0. The predicted molar refractivity (Wildman–Crippen MR) is 91.9 cm³/mol. The van der Waals surface area contributed by atoms with Gasteiger partial charge in [0.1, 0.15) is 5.75 Å². The van der Waals surface area contributed by atoms with Gasteiger partial charge in [0.05, 0.1) is 12.1 Å². The highest BCUT2D eigenvalue weighted by Crippen LogP contribution is 2.32. The Bertz CT molecular complexity index is 860. The predicted octanol–water partition coefficient (Wildman–Crippen LogP) is 3.67. The number of carboxylic acids is 1. The number of aliphatic carboxylic acids is 1. The Morgan fingerprint density at radius 2 is 1.71 bits per heavy atom. The molecule has 4 heteroatoms. The van der Waals surface area contributed by atoms with Crippen molar-refractivity contribution in [3.63, 3.8) is 0 Å². The summed E-state index contributed by atoms with van der Waals surface area (Å²) >= 11 is 0. The van der Waals surface area contributed by atoms with Crippen molar-refractivity contribution in [2.75, 3.05) is 0 Å². The van der Waals surface area contributed by atoms with E-state index in [-0.39, 0.29) is 12.2 Å². The maximum Gasteiger partial charge on any atom is 0.307 e. The second-order valence-corrected chi connectivity index (χ2v) is 5.59. The topological polar surface area (TPSA) is 70.4 Å². The van der Waals surface area contributed by atoms with Crippen LogP contribution in [0.15, 0.2) is 66.9 Å². The van der Waals surface area contributed by atoms with E-state index in [0.29, 0.717) is 23.2 Å². The fraction of sp³-hybridized carbons (Fsp3) is 0.100. The molecule has 0 aliphatic carbocycles. The average Bonchev–Trinajstić information content (AvgIpc) is 2.57. The first-order chi connectivity index (χ1) is 11.6. The molecule has 0 fully saturated rings. The molecule has 4 nitrogen and oxygen atoms in total. The van der Waals surface area contributed by atoms with Gasteiger partial charge in [-0.1, -0.05) is 54.6 Å². The molecule has 0 bridgehead atoms. The third-order valence-corrected chi connectivity index (χ3v) is 3.81. The van der Waals surface area contributed by atoms with Crippen LogP contribution in [-0.2, 0) is 17.6 Å². The van der Waals surface area contributed by atoms with Crippen LogP contribution >= 0.6 is 0 Å². The van der Waals surface area contributed by atoms with E-state index >= 15 is 0 Å². The van der Waals surface area contributed by atoms with Crippen molar-refractivity contribution >= 4 is 5.97 Å². The van der Waals surface area contributed by atoms with Gasteiger partial charge in [0.25, 0.3) is 0 Å². The summed E-state index contributed by atoms with van der Waals surface area (Å²) in [7, 11) is 0. The van der Waals surface area contributed by atoms with Gasteiger partial charge in [-0.05, 0) is 22.8 Å². The number of nitrogens with zero attached hydrogens (tertiary/aromatic N) is 1. The van der Waals surface area contributed by atoms with Crippen LogP contribution in [0, 0.1) is 0 Å². The van der Waals surface area contributed by atoms with Crippen molar-refractivity contribution in [3.05, 3.63) is 83.7 Å². The van der Waals surface area contributed by atoms with E-state index < -0.39 is 5.97 Å². The van der Waals surface area contributed by atoms with Gasteiger partial charge in [0.2, 0.25) is 0 Å². The first-order valence-electron chi connectivity index (χ1n) is 7.65. The summed E-state index contributed by atoms with van der Waals surface area (Å²) in [5, 5.41) is 19.5. The molecule has 120 valence electrons. The van der Waals surface area contributed by atoms with Crippen molar-refractivity contribution in [1.82, 2.24) is 4.98 Å².